The Balaban J connectivity index is 2.16. The maximum Gasteiger partial charge on any atom is 0.0541 e. The zero-order valence-electron chi connectivity index (χ0n) is 11.7. The van der Waals surface area contributed by atoms with Crippen LogP contribution in [0.15, 0.2) is 30.3 Å². The fourth-order valence-corrected chi connectivity index (χ4v) is 3.11. The van der Waals surface area contributed by atoms with Crippen molar-refractivity contribution in [3.63, 3.8) is 0 Å². The van der Waals surface area contributed by atoms with E-state index in [0.29, 0.717) is 5.92 Å². The normalized spacial score (nSPS) is 20.2. The number of nitrogens with two attached hydrogens (primary N) is 1. The lowest BCUT2D eigenvalue weighted by molar-refractivity contribution is 0.219. The molecule has 1 heterocycles. The summed E-state index contributed by atoms with van der Waals surface area (Å²) in [5.41, 5.74) is 7.85. The minimum Gasteiger partial charge on any atom is -0.320 e. The van der Waals surface area contributed by atoms with Crippen molar-refractivity contribution in [2.45, 2.75) is 38.6 Å². The van der Waals surface area contributed by atoms with Gasteiger partial charge in [-0.2, -0.15) is 0 Å². The number of benzene rings is 1. The van der Waals surface area contributed by atoms with Crippen molar-refractivity contribution >= 4 is 0 Å². The first kappa shape index (κ1) is 13.6. The number of hydrogen-bond acceptors (Lipinski definition) is 2. The molecule has 0 aromatic heterocycles. The molecule has 1 aromatic carbocycles. The molecule has 1 aliphatic heterocycles. The zero-order chi connectivity index (χ0) is 13.0. The summed E-state index contributed by atoms with van der Waals surface area (Å²) in [5, 5.41) is 0. The van der Waals surface area contributed by atoms with Crippen molar-refractivity contribution in [1.82, 2.24) is 4.90 Å². The molecule has 1 atom stereocenters. The van der Waals surface area contributed by atoms with E-state index in [1.807, 2.05) is 0 Å². The molecule has 100 valence electrons. The van der Waals surface area contributed by atoms with Crippen LogP contribution in [0.3, 0.4) is 0 Å². The Morgan fingerprint density at radius 1 is 1.17 bits per heavy atom. The van der Waals surface area contributed by atoms with Crippen molar-refractivity contribution < 1.29 is 0 Å². The van der Waals surface area contributed by atoms with E-state index in [1.165, 1.54) is 31.5 Å². The Kier molecular flexibility index (Phi) is 4.41. The van der Waals surface area contributed by atoms with Crippen LogP contribution in [-0.4, -0.2) is 24.5 Å². The summed E-state index contributed by atoms with van der Waals surface area (Å²) in [6.45, 7) is 7.94. The third-order valence-electron chi connectivity index (χ3n) is 3.83. The summed E-state index contributed by atoms with van der Waals surface area (Å²) in [5.74, 6) is 0.623. The average molecular weight is 246 g/mol. The Labute approximate surface area is 111 Å². The molecule has 2 nitrogen and oxygen atoms in total. The fourth-order valence-electron chi connectivity index (χ4n) is 3.11. The monoisotopic (exact) mass is 246 g/mol. The van der Waals surface area contributed by atoms with Crippen molar-refractivity contribution in [3.05, 3.63) is 35.9 Å². The van der Waals surface area contributed by atoms with Gasteiger partial charge in [-0.05, 0) is 43.8 Å². The highest BCUT2D eigenvalue weighted by Gasteiger charge is 2.31. The van der Waals surface area contributed by atoms with Crippen molar-refractivity contribution in [3.8, 4) is 0 Å². The summed E-state index contributed by atoms with van der Waals surface area (Å²) < 4.78 is 0. The number of rotatable bonds is 5. The smallest absolute Gasteiger partial charge is 0.0541 e. The first-order valence-corrected chi connectivity index (χ1v) is 7.17. The molecular formula is C16H26N2. The molecule has 0 saturated carbocycles. The molecule has 1 unspecified atom stereocenters. The van der Waals surface area contributed by atoms with Gasteiger partial charge in [0.2, 0.25) is 0 Å². The van der Waals surface area contributed by atoms with E-state index < -0.39 is 0 Å². The zero-order valence-corrected chi connectivity index (χ0v) is 11.7. The number of hydrogen-bond donors (Lipinski definition) is 1. The van der Waals surface area contributed by atoms with Crippen LogP contribution in [0.1, 0.15) is 38.7 Å². The van der Waals surface area contributed by atoms with Gasteiger partial charge in [-0.1, -0.05) is 44.2 Å². The van der Waals surface area contributed by atoms with Gasteiger partial charge in [0.25, 0.3) is 0 Å². The summed E-state index contributed by atoms with van der Waals surface area (Å²) >= 11 is 0. The molecule has 0 amide bonds. The molecule has 2 rings (SSSR count). The number of likely N-dealkylation sites (tertiary alicyclic amines) is 1. The van der Waals surface area contributed by atoms with E-state index in [0.717, 1.165) is 13.0 Å². The van der Waals surface area contributed by atoms with E-state index in [-0.39, 0.29) is 5.54 Å². The summed E-state index contributed by atoms with van der Waals surface area (Å²) in [7, 11) is 0. The summed E-state index contributed by atoms with van der Waals surface area (Å²) in [4.78, 5) is 2.52. The highest BCUT2D eigenvalue weighted by molar-refractivity contribution is 5.24. The quantitative estimate of drug-likeness (QED) is 0.865. The Bertz CT molecular complexity index is 355. The van der Waals surface area contributed by atoms with Crippen LogP contribution in [0.4, 0.5) is 0 Å². The van der Waals surface area contributed by atoms with Crippen LogP contribution in [-0.2, 0) is 5.54 Å². The minimum absolute atomic E-state index is 0.195. The van der Waals surface area contributed by atoms with E-state index in [9.17, 15) is 0 Å². The van der Waals surface area contributed by atoms with Crippen LogP contribution in [0.5, 0.6) is 0 Å². The van der Waals surface area contributed by atoms with E-state index in [4.69, 9.17) is 5.73 Å². The standard InChI is InChI=1S/C16H26N2/c1-14(2)12-16(17,13-18-10-6-7-11-18)15-8-4-3-5-9-15/h3-5,8-9,14H,6-7,10-13,17H2,1-2H3. The fraction of sp³-hybridized carbons (Fsp3) is 0.625. The second-order valence-corrected chi connectivity index (χ2v) is 6.10. The van der Waals surface area contributed by atoms with Crippen molar-refractivity contribution in [2.75, 3.05) is 19.6 Å². The van der Waals surface area contributed by atoms with E-state index in [2.05, 4.69) is 49.1 Å². The Hall–Kier alpha value is -0.860. The van der Waals surface area contributed by atoms with Gasteiger partial charge in [0.1, 0.15) is 0 Å². The lowest BCUT2D eigenvalue weighted by Gasteiger charge is -2.35. The van der Waals surface area contributed by atoms with Crippen molar-refractivity contribution in [2.24, 2.45) is 11.7 Å². The SMILES string of the molecule is CC(C)CC(N)(CN1CCCC1)c1ccccc1. The van der Waals surface area contributed by atoms with E-state index >= 15 is 0 Å². The lowest BCUT2D eigenvalue weighted by atomic mass is 9.83. The molecule has 0 bridgehead atoms. The average Bonchev–Trinajstić information content (AvgIpc) is 2.81. The predicted octanol–water partition coefficient (Wildman–Crippen LogP) is 2.98. The van der Waals surface area contributed by atoms with Gasteiger partial charge in [-0.3, -0.25) is 0 Å². The van der Waals surface area contributed by atoms with Gasteiger partial charge < -0.3 is 10.6 Å². The Morgan fingerprint density at radius 3 is 2.33 bits per heavy atom. The van der Waals surface area contributed by atoms with Gasteiger partial charge in [-0.15, -0.1) is 0 Å². The van der Waals surface area contributed by atoms with Gasteiger partial charge >= 0.3 is 0 Å². The third kappa shape index (κ3) is 3.33. The predicted molar refractivity (Wildman–Crippen MR) is 77.4 cm³/mol. The second-order valence-electron chi connectivity index (χ2n) is 6.10. The van der Waals surface area contributed by atoms with Gasteiger partial charge in [0.05, 0.1) is 5.54 Å². The number of nitrogens with zero attached hydrogens (tertiary/aromatic N) is 1. The summed E-state index contributed by atoms with van der Waals surface area (Å²) in [6.07, 6.45) is 3.70. The Morgan fingerprint density at radius 2 is 1.78 bits per heavy atom. The highest BCUT2D eigenvalue weighted by atomic mass is 15.2. The van der Waals surface area contributed by atoms with E-state index in [1.54, 1.807) is 0 Å². The van der Waals surface area contributed by atoms with Crippen LogP contribution in [0.2, 0.25) is 0 Å². The molecule has 18 heavy (non-hydrogen) atoms. The first-order valence-electron chi connectivity index (χ1n) is 7.17. The van der Waals surface area contributed by atoms with Gasteiger partial charge in [0, 0.05) is 6.54 Å². The first-order chi connectivity index (χ1) is 8.60. The molecule has 1 fully saturated rings. The van der Waals surface area contributed by atoms with Crippen LogP contribution < -0.4 is 5.73 Å². The largest absolute Gasteiger partial charge is 0.320 e. The highest BCUT2D eigenvalue weighted by Crippen LogP contribution is 2.28. The van der Waals surface area contributed by atoms with Crippen LogP contribution in [0, 0.1) is 5.92 Å². The van der Waals surface area contributed by atoms with Gasteiger partial charge in [-0.25, -0.2) is 0 Å². The molecule has 1 aromatic rings. The maximum absolute atomic E-state index is 6.76. The summed E-state index contributed by atoms with van der Waals surface area (Å²) in [6, 6.07) is 10.6. The minimum atomic E-state index is -0.195. The molecule has 0 radical (unpaired) electrons. The van der Waals surface area contributed by atoms with Crippen LogP contribution >= 0.6 is 0 Å². The molecule has 0 spiro atoms. The molecule has 0 aliphatic carbocycles. The van der Waals surface area contributed by atoms with Gasteiger partial charge in [0.15, 0.2) is 0 Å². The van der Waals surface area contributed by atoms with Crippen molar-refractivity contribution in [1.29, 1.82) is 0 Å². The lowest BCUT2D eigenvalue weighted by Crippen LogP contribution is -2.47. The molecular weight excluding hydrogens is 220 g/mol. The molecule has 1 aliphatic rings. The topological polar surface area (TPSA) is 29.3 Å². The molecule has 2 heteroatoms. The maximum atomic E-state index is 6.76. The third-order valence-corrected chi connectivity index (χ3v) is 3.83. The van der Waals surface area contributed by atoms with Crippen LogP contribution in [0.25, 0.3) is 0 Å². The second kappa shape index (κ2) is 5.85. The molecule has 1 saturated heterocycles. The molecule has 2 N–H and O–H groups in total.